The van der Waals surface area contributed by atoms with Crippen molar-refractivity contribution in [2.24, 2.45) is 0 Å². The first kappa shape index (κ1) is 11.4. The van der Waals surface area contributed by atoms with Gasteiger partial charge in [0, 0.05) is 4.90 Å². The predicted molar refractivity (Wildman–Crippen MR) is 70.9 cm³/mol. The fourth-order valence-electron chi connectivity index (χ4n) is 1.60. The smallest absolute Gasteiger partial charge is 0.255 e. The molecule has 1 aliphatic rings. The second-order valence-electron chi connectivity index (χ2n) is 3.55. The molecule has 0 saturated carbocycles. The molecule has 1 aliphatic heterocycles. The third-order valence-corrected chi connectivity index (χ3v) is 3.47. The minimum Gasteiger partial charge on any atom is -0.350 e. The lowest BCUT2D eigenvalue weighted by molar-refractivity contribution is -0.117. The molecule has 2 rings (SSSR count). The molecule has 1 atom stereocenters. The molecule has 0 bridgehead atoms. The van der Waals surface area contributed by atoms with Gasteiger partial charge < -0.3 is 5.32 Å². The Hall–Kier alpha value is -1.07. The summed E-state index contributed by atoms with van der Waals surface area (Å²) in [5.74, 6) is 0.00301. The van der Waals surface area contributed by atoms with Crippen LogP contribution in [0.5, 0.6) is 0 Å². The maximum absolute atomic E-state index is 11.9. The fraction of sp³-hybridized carbons (Fsp3) is 0.273. The molecule has 0 spiro atoms. The number of amides is 1. The first-order valence-electron chi connectivity index (χ1n) is 4.92. The Morgan fingerprint density at radius 1 is 1.50 bits per heavy atom. The van der Waals surface area contributed by atoms with Crippen molar-refractivity contribution in [2.75, 3.05) is 11.2 Å². The van der Waals surface area contributed by atoms with Gasteiger partial charge in [-0.3, -0.25) is 9.69 Å². The number of thioether (sulfide) groups is 1. The standard InChI is InChI=1S/C11H12N2OS2/c1-7-10(14)13(11(15)12-7)8-4-3-5-9(6-8)16-2/h3-7H,1-2H3,(H,12,15)/t7-/m1/s1. The third-order valence-electron chi connectivity index (χ3n) is 2.45. The molecular weight excluding hydrogens is 240 g/mol. The number of rotatable bonds is 2. The highest BCUT2D eigenvalue weighted by molar-refractivity contribution is 7.98. The summed E-state index contributed by atoms with van der Waals surface area (Å²) in [6.07, 6.45) is 2.00. The second-order valence-corrected chi connectivity index (χ2v) is 4.81. The van der Waals surface area contributed by atoms with Gasteiger partial charge in [-0.1, -0.05) is 6.07 Å². The van der Waals surface area contributed by atoms with E-state index >= 15 is 0 Å². The van der Waals surface area contributed by atoms with E-state index in [9.17, 15) is 4.79 Å². The van der Waals surface area contributed by atoms with Gasteiger partial charge in [-0.2, -0.15) is 0 Å². The molecule has 1 heterocycles. The van der Waals surface area contributed by atoms with E-state index in [-0.39, 0.29) is 11.9 Å². The fourth-order valence-corrected chi connectivity index (χ4v) is 2.42. The summed E-state index contributed by atoms with van der Waals surface area (Å²) in [6.45, 7) is 1.81. The number of thiocarbonyl (C=S) groups is 1. The Kier molecular flexibility index (Phi) is 3.16. The van der Waals surface area contributed by atoms with Crippen LogP contribution in [-0.2, 0) is 4.79 Å². The van der Waals surface area contributed by atoms with E-state index in [2.05, 4.69) is 5.32 Å². The molecule has 0 aliphatic carbocycles. The minimum absolute atomic E-state index is 0.00301. The van der Waals surface area contributed by atoms with E-state index in [0.717, 1.165) is 10.6 Å². The molecule has 16 heavy (non-hydrogen) atoms. The third kappa shape index (κ3) is 1.92. The quantitative estimate of drug-likeness (QED) is 0.645. The Bertz CT molecular complexity index is 447. The summed E-state index contributed by atoms with van der Waals surface area (Å²) in [5.41, 5.74) is 0.832. The van der Waals surface area contributed by atoms with Gasteiger partial charge in [0.2, 0.25) is 0 Å². The summed E-state index contributed by atoms with van der Waals surface area (Å²) >= 11 is 6.79. The molecule has 84 valence electrons. The van der Waals surface area contributed by atoms with Gasteiger partial charge in [0.15, 0.2) is 5.11 Å². The largest absolute Gasteiger partial charge is 0.350 e. The molecule has 1 fully saturated rings. The Morgan fingerprint density at radius 2 is 2.25 bits per heavy atom. The summed E-state index contributed by atoms with van der Waals surface area (Å²) in [5, 5.41) is 3.44. The molecule has 3 nitrogen and oxygen atoms in total. The zero-order valence-corrected chi connectivity index (χ0v) is 10.7. The number of hydrogen-bond donors (Lipinski definition) is 1. The zero-order chi connectivity index (χ0) is 11.7. The molecule has 0 unspecified atom stereocenters. The van der Waals surface area contributed by atoms with E-state index in [0.29, 0.717) is 5.11 Å². The molecular formula is C11H12N2OS2. The highest BCUT2D eigenvalue weighted by Gasteiger charge is 2.33. The number of nitrogens with one attached hydrogen (secondary N) is 1. The molecule has 1 aromatic carbocycles. The van der Waals surface area contributed by atoms with E-state index in [1.54, 1.807) is 16.7 Å². The van der Waals surface area contributed by atoms with Gasteiger partial charge in [-0.05, 0) is 43.6 Å². The van der Waals surface area contributed by atoms with Crippen LogP contribution in [0.2, 0.25) is 0 Å². The summed E-state index contributed by atoms with van der Waals surface area (Å²) in [4.78, 5) is 14.6. The van der Waals surface area contributed by atoms with Crippen LogP contribution in [0.15, 0.2) is 29.2 Å². The van der Waals surface area contributed by atoms with Crippen molar-refractivity contribution in [1.82, 2.24) is 5.32 Å². The van der Waals surface area contributed by atoms with Gasteiger partial charge in [-0.15, -0.1) is 11.8 Å². The lowest BCUT2D eigenvalue weighted by atomic mass is 10.2. The molecule has 1 saturated heterocycles. The highest BCUT2D eigenvalue weighted by atomic mass is 32.2. The summed E-state index contributed by atoms with van der Waals surface area (Å²) in [7, 11) is 0. The van der Waals surface area contributed by atoms with Crippen LogP contribution in [0, 0.1) is 0 Å². The maximum Gasteiger partial charge on any atom is 0.255 e. The Labute approximate surface area is 104 Å². The molecule has 0 aromatic heterocycles. The number of hydrogen-bond acceptors (Lipinski definition) is 3. The SMILES string of the molecule is CSc1cccc(N2C(=O)[C@@H](C)NC2=S)c1. The van der Waals surface area contributed by atoms with Crippen molar-refractivity contribution >= 4 is 40.7 Å². The van der Waals surface area contributed by atoms with Crippen molar-refractivity contribution in [2.45, 2.75) is 17.9 Å². The molecule has 1 amide bonds. The van der Waals surface area contributed by atoms with Crippen LogP contribution in [0.25, 0.3) is 0 Å². The van der Waals surface area contributed by atoms with Crippen LogP contribution in [0.4, 0.5) is 5.69 Å². The van der Waals surface area contributed by atoms with Crippen LogP contribution in [-0.4, -0.2) is 23.3 Å². The average Bonchev–Trinajstić information content (AvgIpc) is 2.53. The highest BCUT2D eigenvalue weighted by Crippen LogP contribution is 2.24. The van der Waals surface area contributed by atoms with Gasteiger partial charge in [-0.25, -0.2) is 0 Å². The van der Waals surface area contributed by atoms with Gasteiger partial charge in [0.25, 0.3) is 5.91 Å². The molecule has 1 aromatic rings. The van der Waals surface area contributed by atoms with Crippen molar-refractivity contribution in [3.63, 3.8) is 0 Å². The number of anilines is 1. The van der Waals surface area contributed by atoms with Crippen LogP contribution in [0.3, 0.4) is 0 Å². The van der Waals surface area contributed by atoms with Crippen molar-refractivity contribution in [3.8, 4) is 0 Å². The topological polar surface area (TPSA) is 32.3 Å². The molecule has 1 N–H and O–H groups in total. The van der Waals surface area contributed by atoms with Crippen molar-refractivity contribution in [1.29, 1.82) is 0 Å². The van der Waals surface area contributed by atoms with E-state index in [1.165, 1.54) is 0 Å². The Morgan fingerprint density at radius 3 is 2.81 bits per heavy atom. The van der Waals surface area contributed by atoms with E-state index in [4.69, 9.17) is 12.2 Å². The van der Waals surface area contributed by atoms with Crippen LogP contribution in [0.1, 0.15) is 6.92 Å². The normalized spacial score (nSPS) is 20.1. The second kappa shape index (κ2) is 4.43. The number of carbonyl (C=O) groups is 1. The first-order chi connectivity index (χ1) is 7.63. The van der Waals surface area contributed by atoms with Gasteiger partial charge in [0.1, 0.15) is 6.04 Å². The predicted octanol–water partition coefficient (Wildman–Crippen LogP) is 2.02. The van der Waals surface area contributed by atoms with E-state index in [1.807, 2.05) is 37.4 Å². The summed E-state index contributed by atoms with van der Waals surface area (Å²) < 4.78 is 0. The van der Waals surface area contributed by atoms with Gasteiger partial charge >= 0.3 is 0 Å². The lowest BCUT2D eigenvalue weighted by Crippen LogP contribution is -2.30. The van der Waals surface area contributed by atoms with Crippen molar-refractivity contribution < 1.29 is 4.79 Å². The maximum atomic E-state index is 11.9. The average molecular weight is 252 g/mol. The summed E-state index contributed by atoms with van der Waals surface area (Å²) in [6, 6.07) is 7.57. The number of benzene rings is 1. The Balaban J connectivity index is 2.36. The lowest BCUT2D eigenvalue weighted by Gasteiger charge is -2.15. The van der Waals surface area contributed by atoms with E-state index < -0.39 is 0 Å². The molecule has 0 radical (unpaired) electrons. The molecule has 5 heteroatoms. The van der Waals surface area contributed by atoms with Crippen LogP contribution < -0.4 is 10.2 Å². The monoisotopic (exact) mass is 252 g/mol. The minimum atomic E-state index is -0.231. The van der Waals surface area contributed by atoms with Crippen LogP contribution >= 0.6 is 24.0 Å². The number of carbonyl (C=O) groups excluding carboxylic acids is 1. The van der Waals surface area contributed by atoms with Crippen molar-refractivity contribution in [3.05, 3.63) is 24.3 Å². The first-order valence-corrected chi connectivity index (χ1v) is 6.55. The zero-order valence-electron chi connectivity index (χ0n) is 9.06. The number of nitrogens with zero attached hydrogens (tertiary/aromatic N) is 1. The van der Waals surface area contributed by atoms with Gasteiger partial charge in [0.05, 0.1) is 5.69 Å².